The Balaban J connectivity index is 0.00000192. The largest absolute Gasteiger partial charge is 0.457 e. The van der Waals surface area contributed by atoms with Crippen LogP contribution in [0.5, 0.6) is 11.5 Å². The van der Waals surface area contributed by atoms with Gasteiger partial charge in [-0.15, -0.1) is 12.4 Å². The second-order valence-electron chi connectivity index (χ2n) is 5.59. The van der Waals surface area contributed by atoms with E-state index in [4.69, 9.17) is 4.74 Å². The molecular weight excluding hydrogens is 312 g/mol. The fourth-order valence-corrected chi connectivity index (χ4v) is 2.19. The molecule has 1 atom stereocenters. The van der Waals surface area contributed by atoms with Gasteiger partial charge in [-0.25, -0.2) is 0 Å². The van der Waals surface area contributed by atoms with Crippen molar-refractivity contribution in [2.75, 3.05) is 5.32 Å². The smallest absolute Gasteiger partial charge is 0.241 e. The average Bonchev–Trinajstić information content (AvgIpc) is 3.32. The number of benzene rings is 2. The molecule has 0 bridgehead atoms. The van der Waals surface area contributed by atoms with Crippen LogP contribution in [0.1, 0.15) is 19.8 Å². The lowest BCUT2D eigenvalue weighted by Gasteiger charge is -2.14. The molecule has 2 aromatic carbocycles. The van der Waals surface area contributed by atoms with Crippen LogP contribution >= 0.6 is 12.4 Å². The number of nitrogens with one attached hydrogen (secondary N) is 2. The molecule has 2 aromatic rings. The minimum atomic E-state index is -0.189. The van der Waals surface area contributed by atoms with Crippen molar-refractivity contribution in [2.24, 2.45) is 0 Å². The molecule has 23 heavy (non-hydrogen) atoms. The first-order valence-electron chi connectivity index (χ1n) is 7.60. The van der Waals surface area contributed by atoms with Gasteiger partial charge in [0.15, 0.2) is 0 Å². The third-order valence-corrected chi connectivity index (χ3v) is 3.54. The average molecular weight is 333 g/mol. The lowest BCUT2D eigenvalue weighted by Crippen LogP contribution is -2.39. The Morgan fingerprint density at radius 2 is 1.78 bits per heavy atom. The molecule has 1 aliphatic rings. The van der Waals surface area contributed by atoms with E-state index in [0.717, 1.165) is 24.3 Å². The highest BCUT2D eigenvalue weighted by atomic mass is 35.5. The number of hydrogen-bond acceptors (Lipinski definition) is 3. The quantitative estimate of drug-likeness (QED) is 0.841. The number of carbonyl (C=O) groups excluding carboxylic acids is 1. The first-order valence-corrected chi connectivity index (χ1v) is 7.60. The van der Waals surface area contributed by atoms with Crippen molar-refractivity contribution < 1.29 is 9.53 Å². The Bertz CT molecular complexity index is 644. The van der Waals surface area contributed by atoms with Crippen molar-refractivity contribution in [3.63, 3.8) is 0 Å². The van der Waals surface area contributed by atoms with E-state index >= 15 is 0 Å². The van der Waals surface area contributed by atoms with Crippen LogP contribution in [0.15, 0.2) is 54.6 Å². The SMILES string of the molecule is CC(NC1CC1)C(=O)Nc1cccc(Oc2ccccc2)c1.Cl. The first-order chi connectivity index (χ1) is 10.7. The highest BCUT2D eigenvalue weighted by Crippen LogP contribution is 2.24. The van der Waals surface area contributed by atoms with Gasteiger partial charge in [-0.1, -0.05) is 24.3 Å². The highest BCUT2D eigenvalue weighted by molar-refractivity contribution is 5.94. The molecule has 5 heteroatoms. The number of rotatable bonds is 6. The van der Waals surface area contributed by atoms with Gasteiger partial charge in [0.1, 0.15) is 11.5 Å². The standard InChI is InChI=1S/C18H20N2O2.ClH/c1-13(19-14-10-11-14)18(21)20-15-6-5-9-17(12-15)22-16-7-3-2-4-8-16;/h2-9,12-14,19H,10-11H2,1H3,(H,20,21);1H. The zero-order valence-electron chi connectivity index (χ0n) is 13.0. The molecule has 4 nitrogen and oxygen atoms in total. The van der Waals surface area contributed by atoms with Crippen LogP contribution in [-0.4, -0.2) is 18.0 Å². The van der Waals surface area contributed by atoms with E-state index in [9.17, 15) is 4.79 Å². The van der Waals surface area contributed by atoms with Crippen molar-refractivity contribution in [3.05, 3.63) is 54.6 Å². The molecule has 3 rings (SSSR count). The van der Waals surface area contributed by atoms with Crippen LogP contribution in [-0.2, 0) is 4.79 Å². The third kappa shape index (κ3) is 5.27. The van der Waals surface area contributed by atoms with Gasteiger partial charge in [-0.2, -0.15) is 0 Å². The summed E-state index contributed by atoms with van der Waals surface area (Å²) in [7, 11) is 0. The van der Waals surface area contributed by atoms with Crippen molar-refractivity contribution in [2.45, 2.75) is 31.8 Å². The second-order valence-corrected chi connectivity index (χ2v) is 5.59. The Hall–Kier alpha value is -2.04. The second kappa shape index (κ2) is 7.99. The predicted octanol–water partition coefficient (Wildman–Crippen LogP) is 3.98. The lowest BCUT2D eigenvalue weighted by molar-refractivity contribution is -0.117. The molecule has 1 unspecified atom stereocenters. The molecule has 0 spiro atoms. The summed E-state index contributed by atoms with van der Waals surface area (Å²) in [6, 6.07) is 17.3. The highest BCUT2D eigenvalue weighted by Gasteiger charge is 2.25. The maximum Gasteiger partial charge on any atom is 0.241 e. The Labute approximate surface area is 142 Å². The summed E-state index contributed by atoms with van der Waals surface area (Å²) in [5.74, 6) is 1.45. The van der Waals surface area contributed by atoms with E-state index in [1.165, 1.54) is 0 Å². The summed E-state index contributed by atoms with van der Waals surface area (Å²) in [5.41, 5.74) is 0.739. The Kier molecular flexibility index (Phi) is 6.02. The molecular formula is C18H21ClN2O2. The van der Waals surface area contributed by atoms with Gasteiger partial charge in [-0.05, 0) is 44.0 Å². The van der Waals surface area contributed by atoms with Crippen LogP contribution in [0.2, 0.25) is 0 Å². The topological polar surface area (TPSA) is 50.4 Å². The van der Waals surface area contributed by atoms with Gasteiger partial charge in [0.05, 0.1) is 6.04 Å². The predicted molar refractivity (Wildman–Crippen MR) is 94.5 cm³/mol. The molecule has 0 heterocycles. The van der Waals surface area contributed by atoms with Gasteiger partial charge in [0.2, 0.25) is 5.91 Å². The number of para-hydroxylation sites is 1. The summed E-state index contributed by atoms with van der Waals surface area (Å²) in [6.07, 6.45) is 2.33. The summed E-state index contributed by atoms with van der Waals surface area (Å²) in [6.45, 7) is 1.89. The maximum atomic E-state index is 12.1. The molecule has 122 valence electrons. The van der Waals surface area contributed by atoms with E-state index in [1.807, 2.05) is 61.5 Å². The molecule has 2 N–H and O–H groups in total. The van der Waals surface area contributed by atoms with Gasteiger partial charge in [0, 0.05) is 17.8 Å². The van der Waals surface area contributed by atoms with Crippen LogP contribution in [0.3, 0.4) is 0 Å². The minimum Gasteiger partial charge on any atom is -0.457 e. The fraction of sp³-hybridized carbons (Fsp3) is 0.278. The summed E-state index contributed by atoms with van der Waals surface area (Å²) < 4.78 is 5.77. The zero-order chi connectivity index (χ0) is 15.4. The fourth-order valence-electron chi connectivity index (χ4n) is 2.19. The Morgan fingerprint density at radius 3 is 2.48 bits per heavy atom. The number of carbonyl (C=O) groups is 1. The Morgan fingerprint density at radius 1 is 1.09 bits per heavy atom. The van der Waals surface area contributed by atoms with Crippen molar-refractivity contribution in [1.82, 2.24) is 5.32 Å². The molecule has 1 aliphatic carbocycles. The van der Waals surface area contributed by atoms with Gasteiger partial charge in [-0.3, -0.25) is 4.79 Å². The molecule has 0 aromatic heterocycles. The molecule has 1 amide bonds. The molecule has 0 aliphatic heterocycles. The van der Waals surface area contributed by atoms with Crippen molar-refractivity contribution in [3.8, 4) is 11.5 Å². The van der Waals surface area contributed by atoms with Gasteiger partial charge in [0.25, 0.3) is 0 Å². The van der Waals surface area contributed by atoms with E-state index in [0.29, 0.717) is 11.8 Å². The number of anilines is 1. The van der Waals surface area contributed by atoms with E-state index in [1.54, 1.807) is 0 Å². The van der Waals surface area contributed by atoms with E-state index in [2.05, 4.69) is 10.6 Å². The van der Waals surface area contributed by atoms with Gasteiger partial charge < -0.3 is 15.4 Å². The maximum absolute atomic E-state index is 12.1. The molecule has 0 radical (unpaired) electrons. The molecule has 1 fully saturated rings. The van der Waals surface area contributed by atoms with Crippen LogP contribution in [0.4, 0.5) is 5.69 Å². The van der Waals surface area contributed by atoms with Crippen molar-refractivity contribution in [1.29, 1.82) is 0 Å². The van der Waals surface area contributed by atoms with Crippen LogP contribution < -0.4 is 15.4 Å². The van der Waals surface area contributed by atoms with Crippen LogP contribution in [0.25, 0.3) is 0 Å². The van der Waals surface area contributed by atoms with E-state index < -0.39 is 0 Å². The number of halogens is 1. The molecule has 1 saturated carbocycles. The molecule has 0 saturated heterocycles. The summed E-state index contributed by atoms with van der Waals surface area (Å²) >= 11 is 0. The minimum absolute atomic E-state index is 0. The number of hydrogen-bond donors (Lipinski definition) is 2. The summed E-state index contributed by atoms with van der Waals surface area (Å²) in [5, 5.41) is 6.20. The zero-order valence-corrected chi connectivity index (χ0v) is 13.8. The number of amides is 1. The van der Waals surface area contributed by atoms with Gasteiger partial charge >= 0.3 is 0 Å². The normalized spacial score (nSPS) is 14.5. The van der Waals surface area contributed by atoms with E-state index in [-0.39, 0.29) is 24.4 Å². The van der Waals surface area contributed by atoms with Crippen LogP contribution in [0, 0.1) is 0 Å². The summed E-state index contributed by atoms with van der Waals surface area (Å²) in [4.78, 5) is 12.1. The lowest BCUT2D eigenvalue weighted by atomic mass is 10.2. The van der Waals surface area contributed by atoms with Crippen molar-refractivity contribution >= 4 is 24.0 Å². The number of ether oxygens (including phenoxy) is 1. The first kappa shape index (κ1) is 17.3. The monoisotopic (exact) mass is 332 g/mol. The third-order valence-electron chi connectivity index (χ3n) is 3.54.